The van der Waals surface area contributed by atoms with Crippen molar-refractivity contribution < 1.29 is 18.8 Å². The van der Waals surface area contributed by atoms with E-state index in [9.17, 15) is 4.79 Å². The molecule has 0 atom stereocenters. The Kier molecular flexibility index (Phi) is 5.28. The molecule has 1 aromatic carbocycles. The normalized spacial score (nSPS) is 10.4. The fraction of sp³-hybridized carbons (Fsp3) is 0.357. The molecule has 1 N–H and O–H groups in total. The van der Waals surface area contributed by atoms with Crippen molar-refractivity contribution in [1.82, 2.24) is 15.5 Å². The van der Waals surface area contributed by atoms with E-state index in [1.807, 2.05) is 24.3 Å². The molecule has 0 saturated heterocycles. The van der Waals surface area contributed by atoms with Gasteiger partial charge in [0, 0.05) is 6.54 Å². The molecule has 0 spiro atoms. The summed E-state index contributed by atoms with van der Waals surface area (Å²) in [7, 11) is 1.60. The molecular formula is C14H17N3O4. The first-order valence-electron chi connectivity index (χ1n) is 6.44. The summed E-state index contributed by atoms with van der Waals surface area (Å²) in [5, 5.41) is 6.38. The topological polar surface area (TPSA) is 86.5 Å². The summed E-state index contributed by atoms with van der Waals surface area (Å²) in [6.45, 7) is 2.19. The van der Waals surface area contributed by atoms with E-state index in [4.69, 9.17) is 14.0 Å². The van der Waals surface area contributed by atoms with E-state index in [0.29, 0.717) is 18.3 Å². The first-order chi connectivity index (χ1) is 10.2. The molecule has 112 valence electrons. The van der Waals surface area contributed by atoms with Crippen molar-refractivity contribution in [1.29, 1.82) is 0 Å². The van der Waals surface area contributed by atoms with Crippen LogP contribution in [0.15, 0.2) is 28.8 Å². The first-order valence-corrected chi connectivity index (χ1v) is 6.44. The molecule has 1 aromatic heterocycles. The van der Waals surface area contributed by atoms with Crippen LogP contribution in [0.1, 0.15) is 17.3 Å². The van der Waals surface area contributed by atoms with Gasteiger partial charge in [-0.15, -0.1) is 0 Å². The lowest BCUT2D eigenvalue weighted by atomic mass is 10.2. The van der Waals surface area contributed by atoms with Crippen LogP contribution in [0.3, 0.4) is 0 Å². The SMILES string of the molecule is COc1cccc(CNC(=O)COCc2nc(C)no2)c1. The average molecular weight is 291 g/mol. The zero-order valence-electron chi connectivity index (χ0n) is 12.0. The number of methoxy groups -OCH3 is 1. The highest BCUT2D eigenvalue weighted by atomic mass is 16.5. The lowest BCUT2D eigenvalue weighted by Gasteiger charge is -2.07. The highest BCUT2D eigenvalue weighted by molar-refractivity contribution is 5.77. The molecular weight excluding hydrogens is 274 g/mol. The van der Waals surface area contributed by atoms with Gasteiger partial charge >= 0.3 is 0 Å². The highest BCUT2D eigenvalue weighted by Crippen LogP contribution is 2.12. The molecule has 0 aliphatic heterocycles. The van der Waals surface area contributed by atoms with Gasteiger partial charge in [-0.1, -0.05) is 17.3 Å². The third-order valence-electron chi connectivity index (χ3n) is 2.65. The number of nitrogens with one attached hydrogen (secondary N) is 1. The van der Waals surface area contributed by atoms with E-state index < -0.39 is 0 Å². The number of hydrogen-bond acceptors (Lipinski definition) is 6. The molecule has 2 aromatic rings. The van der Waals surface area contributed by atoms with Gasteiger partial charge in [0.2, 0.25) is 5.91 Å². The van der Waals surface area contributed by atoms with Gasteiger partial charge in [-0.2, -0.15) is 4.98 Å². The predicted molar refractivity (Wildman–Crippen MR) is 73.5 cm³/mol. The highest BCUT2D eigenvalue weighted by Gasteiger charge is 2.06. The summed E-state index contributed by atoms with van der Waals surface area (Å²) in [4.78, 5) is 15.6. The second kappa shape index (κ2) is 7.39. The van der Waals surface area contributed by atoms with Crippen LogP contribution in [0.2, 0.25) is 0 Å². The number of carbonyl (C=O) groups is 1. The number of rotatable bonds is 7. The van der Waals surface area contributed by atoms with E-state index in [2.05, 4.69) is 15.5 Å². The minimum atomic E-state index is -0.214. The summed E-state index contributed by atoms with van der Waals surface area (Å²) in [6, 6.07) is 7.49. The third-order valence-corrected chi connectivity index (χ3v) is 2.65. The molecule has 7 nitrogen and oxygen atoms in total. The second-order valence-electron chi connectivity index (χ2n) is 4.36. The predicted octanol–water partition coefficient (Wildman–Crippen LogP) is 1.22. The van der Waals surface area contributed by atoms with Crippen LogP contribution in [0, 0.1) is 6.92 Å². The number of benzene rings is 1. The first kappa shape index (κ1) is 15.0. The number of ether oxygens (including phenoxy) is 2. The molecule has 0 aliphatic carbocycles. The summed E-state index contributed by atoms with van der Waals surface area (Å²) in [5.41, 5.74) is 0.954. The van der Waals surface area contributed by atoms with Crippen LogP contribution in [0.25, 0.3) is 0 Å². The molecule has 2 rings (SSSR count). The molecule has 1 amide bonds. The van der Waals surface area contributed by atoms with Gasteiger partial charge < -0.3 is 19.3 Å². The van der Waals surface area contributed by atoms with Gasteiger partial charge in [-0.25, -0.2) is 0 Å². The molecule has 1 heterocycles. The average Bonchev–Trinajstić information content (AvgIpc) is 2.91. The van der Waals surface area contributed by atoms with Crippen molar-refractivity contribution in [3.05, 3.63) is 41.5 Å². The van der Waals surface area contributed by atoms with E-state index in [0.717, 1.165) is 11.3 Å². The van der Waals surface area contributed by atoms with Crippen LogP contribution in [0.5, 0.6) is 5.75 Å². The van der Waals surface area contributed by atoms with Crippen molar-refractivity contribution in [3.8, 4) is 5.75 Å². The number of nitrogens with zero attached hydrogens (tertiary/aromatic N) is 2. The standard InChI is InChI=1S/C14H17N3O4/c1-10-16-14(21-17-10)9-20-8-13(18)15-7-11-4-3-5-12(6-11)19-2/h3-6H,7-9H2,1-2H3,(H,15,18). The van der Waals surface area contributed by atoms with Crippen molar-refractivity contribution in [2.24, 2.45) is 0 Å². The second-order valence-corrected chi connectivity index (χ2v) is 4.36. The number of amides is 1. The lowest BCUT2D eigenvalue weighted by Crippen LogP contribution is -2.27. The fourth-order valence-electron chi connectivity index (χ4n) is 1.66. The van der Waals surface area contributed by atoms with E-state index >= 15 is 0 Å². The van der Waals surface area contributed by atoms with Crippen LogP contribution >= 0.6 is 0 Å². The molecule has 0 fully saturated rings. The van der Waals surface area contributed by atoms with Gasteiger partial charge in [0.25, 0.3) is 5.89 Å². The van der Waals surface area contributed by atoms with E-state index in [-0.39, 0.29) is 19.1 Å². The van der Waals surface area contributed by atoms with Gasteiger partial charge in [0.05, 0.1) is 7.11 Å². The summed E-state index contributed by atoms with van der Waals surface area (Å²) in [5.74, 6) is 1.43. The summed E-state index contributed by atoms with van der Waals surface area (Å²) >= 11 is 0. The summed E-state index contributed by atoms with van der Waals surface area (Å²) < 4.78 is 15.2. The molecule has 0 bridgehead atoms. The number of aryl methyl sites for hydroxylation is 1. The van der Waals surface area contributed by atoms with Gasteiger partial charge in [-0.05, 0) is 24.6 Å². The van der Waals surface area contributed by atoms with Crippen molar-refractivity contribution in [2.75, 3.05) is 13.7 Å². The fourth-order valence-corrected chi connectivity index (χ4v) is 1.66. The van der Waals surface area contributed by atoms with Crippen LogP contribution in [0.4, 0.5) is 0 Å². The Morgan fingerprint density at radius 1 is 1.43 bits per heavy atom. The van der Waals surface area contributed by atoms with E-state index in [1.165, 1.54) is 0 Å². The Bertz CT molecular complexity index is 597. The largest absolute Gasteiger partial charge is 0.497 e. The van der Waals surface area contributed by atoms with Gasteiger partial charge in [0.15, 0.2) is 5.82 Å². The Morgan fingerprint density at radius 2 is 2.29 bits per heavy atom. The maximum absolute atomic E-state index is 11.6. The summed E-state index contributed by atoms with van der Waals surface area (Å²) in [6.07, 6.45) is 0. The minimum Gasteiger partial charge on any atom is -0.497 e. The van der Waals surface area contributed by atoms with Crippen LogP contribution in [-0.4, -0.2) is 29.8 Å². The van der Waals surface area contributed by atoms with E-state index in [1.54, 1.807) is 14.0 Å². The van der Waals surface area contributed by atoms with Crippen LogP contribution < -0.4 is 10.1 Å². The Balaban J connectivity index is 1.69. The van der Waals surface area contributed by atoms with Gasteiger partial charge in [0.1, 0.15) is 19.0 Å². The molecule has 0 saturated carbocycles. The van der Waals surface area contributed by atoms with Crippen molar-refractivity contribution in [2.45, 2.75) is 20.1 Å². The zero-order chi connectivity index (χ0) is 15.1. The maximum Gasteiger partial charge on any atom is 0.252 e. The van der Waals surface area contributed by atoms with Crippen molar-refractivity contribution in [3.63, 3.8) is 0 Å². The van der Waals surface area contributed by atoms with Crippen LogP contribution in [-0.2, 0) is 22.7 Å². The maximum atomic E-state index is 11.6. The Labute approximate surface area is 122 Å². The number of aromatic nitrogens is 2. The monoisotopic (exact) mass is 291 g/mol. The molecule has 0 radical (unpaired) electrons. The zero-order valence-corrected chi connectivity index (χ0v) is 12.0. The number of hydrogen-bond donors (Lipinski definition) is 1. The Morgan fingerprint density at radius 3 is 3.00 bits per heavy atom. The molecule has 7 heteroatoms. The quantitative estimate of drug-likeness (QED) is 0.825. The molecule has 0 aliphatic rings. The molecule has 0 unspecified atom stereocenters. The molecule has 21 heavy (non-hydrogen) atoms. The van der Waals surface area contributed by atoms with Crippen molar-refractivity contribution >= 4 is 5.91 Å². The third kappa shape index (κ3) is 4.88. The number of carbonyl (C=O) groups excluding carboxylic acids is 1. The van der Waals surface area contributed by atoms with Gasteiger partial charge in [-0.3, -0.25) is 4.79 Å². The Hall–Kier alpha value is -2.41. The lowest BCUT2D eigenvalue weighted by molar-refractivity contribution is -0.126. The minimum absolute atomic E-state index is 0.0641. The smallest absolute Gasteiger partial charge is 0.252 e.